The molecule has 0 saturated heterocycles. The van der Waals surface area contributed by atoms with E-state index in [0.717, 1.165) is 0 Å². The quantitative estimate of drug-likeness (QED) is 0.328. The topological polar surface area (TPSA) is 55.4 Å². The maximum absolute atomic E-state index is 10.3. The first kappa shape index (κ1) is 8.67. The van der Waals surface area contributed by atoms with Crippen LogP contribution in [0.2, 0.25) is 0 Å². The molecule has 0 spiro atoms. The molecule has 1 N–H and O–H groups in total. The van der Waals surface area contributed by atoms with Crippen molar-refractivity contribution >= 4 is 35.0 Å². The third-order valence-corrected chi connectivity index (χ3v) is 1.17. The molecule has 0 aliphatic carbocycles. The van der Waals surface area contributed by atoms with E-state index in [0.29, 0.717) is 6.29 Å². The van der Waals surface area contributed by atoms with Gasteiger partial charge in [-0.15, -0.1) is 0 Å². The van der Waals surface area contributed by atoms with Crippen LogP contribution < -0.4 is 5.32 Å². The highest BCUT2D eigenvalue weighted by molar-refractivity contribution is 14.1. The lowest BCUT2D eigenvalue weighted by Gasteiger charge is -2.02. The number of alkyl carbamates (subject to hydrolysis) is 1. The van der Waals surface area contributed by atoms with E-state index in [1.165, 1.54) is 7.11 Å². The highest BCUT2D eigenvalue weighted by Crippen LogP contribution is 1.89. The molecule has 0 bridgehead atoms. The van der Waals surface area contributed by atoms with Gasteiger partial charge in [0.05, 0.1) is 7.11 Å². The molecule has 0 fully saturated rings. The minimum Gasteiger partial charge on any atom is -0.453 e. The number of carbonyl (C=O) groups excluding carboxylic acids is 2. The number of nitrogens with one attached hydrogen (secondary N) is 1. The van der Waals surface area contributed by atoms with Gasteiger partial charge in [0.1, 0.15) is 4.05 Å². The molecule has 4 nitrogen and oxygen atoms in total. The van der Waals surface area contributed by atoms with Gasteiger partial charge in [0.15, 0.2) is 6.29 Å². The standard InChI is InChI=1S/C4H6INO3/c1-9-4(8)6-3(5)2-7/h2-3H,1H3,(H,6,8). The zero-order valence-corrected chi connectivity index (χ0v) is 6.91. The second-order valence-corrected chi connectivity index (χ2v) is 2.52. The summed E-state index contributed by atoms with van der Waals surface area (Å²) in [5.41, 5.74) is 0. The molecule has 0 aliphatic rings. The Hall–Kier alpha value is -0.330. The van der Waals surface area contributed by atoms with E-state index in [1.54, 1.807) is 22.6 Å². The number of aldehydes is 1. The molecule has 0 radical (unpaired) electrons. The number of hydrogen-bond donors (Lipinski definition) is 1. The molecule has 9 heavy (non-hydrogen) atoms. The Labute approximate surface area is 66.1 Å². The van der Waals surface area contributed by atoms with E-state index in [9.17, 15) is 9.59 Å². The van der Waals surface area contributed by atoms with E-state index in [2.05, 4.69) is 10.1 Å². The maximum atomic E-state index is 10.3. The highest BCUT2D eigenvalue weighted by atomic mass is 127. The molecule has 52 valence electrons. The van der Waals surface area contributed by atoms with Crippen molar-refractivity contribution in [2.75, 3.05) is 7.11 Å². The Morgan fingerprint density at radius 3 is 2.78 bits per heavy atom. The minimum absolute atomic E-state index is 0.505. The van der Waals surface area contributed by atoms with E-state index in [4.69, 9.17) is 0 Å². The summed E-state index contributed by atoms with van der Waals surface area (Å²) in [6.07, 6.45) is 0.0128. The zero-order valence-electron chi connectivity index (χ0n) is 4.76. The van der Waals surface area contributed by atoms with Crippen molar-refractivity contribution in [2.24, 2.45) is 0 Å². The number of halogens is 1. The van der Waals surface area contributed by atoms with Crippen molar-refractivity contribution in [1.29, 1.82) is 0 Å². The largest absolute Gasteiger partial charge is 0.453 e. The molecule has 0 rings (SSSR count). The lowest BCUT2D eigenvalue weighted by Crippen LogP contribution is -2.30. The Morgan fingerprint density at radius 1 is 1.89 bits per heavy atom. The van der Waals surface area contributed by atoms with Crippen LogP contribution in [0.15, 0.2) is 0 Å². The molecule has 1 amide bonds. The summed E-state index contributed by atoms with van der Waals surface area (Å²) in [5, 5.41) is 2.24. The summed E-state index contributed by atoms with van der Waals surface area (Å²) < 4.78 is 3.70. The highest BCUT2D eigenvalue weighted by Gasteiger charge is 2.04. The third-order valence-electron chi connectivity index (χ3n) is 0.561. The Kier molecular flexibility index (Phi) is 4.37. The number of hydrogen-bond acceptors (Lipinski definition) is 3. The van der Waals surface area contributed by atoms with Crippen molar-refractivity contribution in [3.05, 3.63) is 0 Å². The van der Waals surface area contributed by atoms with Gasteiger partial charge in [0.25, 0.3) is 0 Å². The fourth-order valence-corrected chi connectivity index (χ4v) is 0.460. The van der Waals surface area contributed by atoms with Crippen molar-refractivity contribution in [3.8, 4) is 0 Å². The second kappa shape index (κ2) is 4.54. The van der Waals surface area contributed by atoms with Crippen molar-refractivity contribution in [3.63, 3.8) is 0 Å². The van der Waals surface area contributed by atoms with Gasteiger partial charge in [0.2, 0.25) is 0 Å². The van der Waals surface area contributed by atoms with Crippen molar-refractivity contribution < 1.29 is 14.3 Å². The number of rotatable bonds is 2. The van der Waals surface area contributed by atoms with Crippen molar-refractivity contribution in [2.45, 2.75) is 4.05 Å². The Balaban J connectivity index is 3.46. The van der Waals surface area contributed by atoms with Gasteiger partial charge in [0, 0.05) is 0 Å². The summed E-state index contributed by atoms with van der Waals surface area (Å²) in [5.74, 6) is 0. The van der Waals surface area contributed by atoms with Gasteiger partial charge in [-0.2, -0.15) is 0 Å². The summed E-state index contributed by atoms with van der Waals surface area (Å²) in [6.45, 7) is 0. The lowest BCUT2D eigenvalue weighted by molar-refractivity contribution is -0.107. The van der Waals surface area contributed by atoms with Crippen LogP contribution in [0.3, 0.4) is 0 Å². The fraction of sp³-hybridized carbons (Fsp3) is 0.500. The van der Waals surface area contributed by atoms with E-state index >= 15 is 0 Å². The number of ether oxygens (including phenoxy) is 1. The Bertz CT molecular complexity index is 116. The predicted octanol–water partition coefficient (Wildman–Crippen LogP) is 0.302. The zero-order chi connectivity index (χ0) is 7.28. The smallest absolute Gasteiger partial charge is 0.408 e. The maximum Gasteiger partial charge on any atom is 0.408 e. The van der Waals surface area contributed by atoms with Crippen molar-refractivity contribution in [1.82, 2.24) is 5.32 Å². The molecule has 1 unspecified atom stereocenters. The number of alkyl halides is 1. The molecule has 0 heterocycles. The molecular weight excluding hydrogens is 237 g/mol. The van der Waals surface area contributed by atoms with Crippen LogP contribution in [-0.4, -0.2) is 23.5 Å². The molecule has 0 aromatic heterocycles. The number of amides is 1. The van der Waals surface area contributed by atoms with Crippen LogP contribution in [0.1, 0.15) is 0 Å². The third kappa shape index (κ3) is 4.19. The molecular formula is C4H6INO3. The van der Waals surface area contributed by atoms with E-state index in [1.807, 2.05) is 0 Å². The van der Waals surface area contributed by atoms with Crippen LogP contribution in [0.5, 0.6) is 0 Å². The average Bonchev–Trinajstić information content (AvgIpc) is 1.87. The van der Waals surface area contributed by atoms with Crippen LogP contribution in [0.25, 0.3) is 0 Å². The molecule has 0 aromatic carbocycles. The van der Waals surface area contributed by atoms with Gasteiger partial charge < -0.3 is 14.8 Å². The van der Waals surface area contributed by atoms with Gasteiger partial charge in [-0.3, -0.25) is 0 Å². The van der Waals surface area contributed by atoms with Gasteiger partial charge in [-0.25, -0.2) is 4.79 Å². The van der Waals surface area contributed by atoms with Crippen LogP contribution in [0, 0.1) is 0 Å². The predicted molar refractivity (Wildman–Crippen MR) is 39.4 cm³/mol. The molecule has 0 aromatic rings. The van der Waals surface area contributed by atoms with E-state index in [-0.39, 0.29) is 0 Å². The summed E-state index contributed by atoms with van der Waals surface area (Å²) >= 11 is 1.76. The first-order valence-electron chi connectivity index (χ1n) is 2.14. The molecule has 0 saturated carbocycles. The Morgan fingerprint density at radius 2 is 2.44 bits per heavy atom. The number of methoxy groups -OCH3 is 1. The van der Waals surface area contributed by atoms with Gasteiger partial charge in [-0.1, -0.05) is 22.6 Å². The number of carbonyl (C=O) groups is 2. The molecule has 0 aliphatic heterocycles. The monoisotopic (exact) mass is 243 g/mol. The first-order chi connectivity index (χ1) is 4.20. The van der Waals surface area contributed by atoms with E-state index < -0.39 is 10.1 Å². The minimum atomic E-state index is -0.596. The normalized spacial score (nSPS) is 11.8. The van der Waals surface area contributed by atoms with Crippen LogP contribution >= 0.6 is 22.6 Å². The summed E-state index contributed by atoms with van der Waals surface area (Å²) in [6, 6.07) is 0. The average molecular weight is 243 g/mol. The van der Waals surface area contributed by atoms with Crippen LogP contribution in [-0.2, 0) is 9.53 Å². The molecule has 1 atom stereocenters. The lowest BCUT2D eigenvalue weighted by atomic mass is 10.7. The summed E-state index contributed by atoms with van der Waals surface area (Å²) in [7, 11) is 1.24. The van der Waals surface area contributed by atoms with Gasteiger partial charge >= 0.3 is 6.09 Å². The van der Waals surface area contributed by atoms with Gasteiger partial charge in [-0.05, 0) is 0 Å². The second-order valence-electron chi connectivity index (χ2n) is 1.17. The summed E-state index contributed by atoms with van der Waals surface area (Å²) in [4.78, 5) is 20.2. The first-order valence-corrected chi connectivity index (χ1v) is 3.39. The van der Waals surface area contributed by atoms with Crippen LogP contribution in [0.4, 0.5) is 4.79 Å². The SMILES string of the molecule is COC(=O)NC(I)C=O. The fourth-order valence-electron chi connectivity index (χ4n) is 0.206. The molecule has 5 heteroatoms.